The van der Waals surface area contributed by atoms with Crippen molar-refractivity contribution in [2.24, 2.45) is 0 Å². The summed E-state index contributed by atoms with van der Waals surface area (Å²) in [5, 5.41) is 16.0. The van der Waals surface area contributed by atoms with Crippen LogP contribution in [0.5, 0.6) is 0 Å². The van der Waals surface area contributed by atoms with E-state index in [2.05, 4.69) is 9.97 Å². The monoisotopic (exact) mass is 138 g/mol. The van der Waals surface area contributed by atoms with Gasteiger partial charge in [0.25, 0.3) is 0 Å². The Morgan fingerprint density at radius 2 is 2.40 bits per heavy atom. The van der Waals surface area contributed by atoms with Crippen LogP contribution in [-0.2, 0) is 0 Å². The van der Waals surface area contributed by atoms with Crippen LogP contribution < -0.4 is 5.06 Å². The number of aromatic nitrogens is 2. The van der Waals surface area contributed by atoms with Crippen LogP contribution >= 0.6 is 0 Å². The van der Waals surface area contributed by atoms with Crippen LogP contribution in [0.2, 0.25) is 0 Å². The van der Waals surface area contributed by atoms with Crippen LogP contribution in [0.25, 0.3) is 0 Å². The fourth-order valence-corrected chi connectivity index (χ4v) is 0.476. The predicted octanol–water partition coefficient (Wildman–Crippen LogP) is 0.279. The molecule has 1 aromatic heterocycles. The molecule has 0 radical (unpaired) electrons. The maximum Gasteiger partial charge on any atom is 0.177 e. The van der Waals surface area contributed by atoms with Crippen LogP contribution in [0.1, 0.15) is 0 Å². The van der Waals surface area contributed by atoms with Gasteiger partial charge in [-0.25, -0.2) is 4.98 Å². The second-order valence-electron chi connectivity index (χ2n) is 1.54. The quantitative estimate of drug-likeness (QED) is 0.349. The van der Waals surface area contributed by atoms with Gasteiger partial charge in [0.2, 0.25) is 0 Å². The van der Waals surface area contributed by atoms with Gasteiger partial charge in [-0.2, -0.15) is 5.06 Å². The Morgan fingerprint density at radius 3 is 2.90 bits per heavy atom. The second kappa shape index (κ2) is 2.88. The smallest absolute Gasteiger partial charge is 0.177 e. The molecule has 0 amide bonds. The minimum atomic E-state index is 0.234. The van der Waals surface area contributed by atoms with Crippen molar-refractivity contribution in [2.45, 2.75) is 0 Å². The molecule has 5 nitrogen and oxygen atoms in total. The van der Waals surface area contributed by atoms with Gasteiger partial charge in [-0.15, -0.1) is 0 Å². The normalized spacial score (nSPS) is 8.90. The molecule has 0 aliphatic carbocycles. The van der Waals surface area contributed by atoms with Gasteiger partial charge in [0, 0.05) is 12.4 Å². The third kappa shape index (κ3) is 1.26. The van der Waals surface area contributed by atoms with Gasteiger partial charge >= 0.3 is 0 Å². The number of rotatable bonds is 2. The van der Waals surface area contributed by atoms with E-state index in [4.69, 9.17) is 10.6 Å². The summed E-state index contributed by atoms with van der Waals surface area (Å²) in [4.78, 5) is 7.40. The standard InChI is InChI=1S/C5H6N4O/c6-4-9(10)5-3-7-1-2-8-5/h1-4,6,10H. The van der Waals surface area contributed by atoms with Crippen molar-refractivity contribution in [1.29, 1.82) is 5.41 Å². The topological polar surface area (TPSA) is 73.1 Å². The molecule has 0 saturated carbocycles. The molecule has 0 aliphatic rings. The SMILES string of the molecule is N=CN(O)c1cnccn1. The highest BCUT2D eigenvalue weighted by Gasteiger charge is 1.96. The zero-order valence-electron chi connectivity index (χ0n) is 5.10. The van der Waals surface area contributed by atoms with Crippen molar-refractivity contribution >= 4 is 12.2 Å². The van der Waals surface area contributed by atoms with E-state index in [1.165, 1.54) is 18.6 Å². The Kier molecular flexibility index (Phi) is 1.91. The maximum absolute atomic E-state index is 8.82. The molecule has 10 heavy (non-hydrogen) atoms. The van der Waals surface area contributed by atoms with Crippen LogP contribution in [-0.4, -0.2) is 21.5 Å². The largest absolute Gasteiger partial charge is 0.289 e. The van der Waals surface area contributed by atoms with Gasteiger partial charge in [0.15, 0.2) is 5.82 Å². The van der Waals surface area contributed by atoms with Crippen molar-refractivity contribution in [3.63, 3.8) is 0 Å². The molecular weight excluding hydrogens is 132 g/mol. The van der Waals surface area contributed by atoms with Crippen molar-refractivity contribution in [3.8, 4) is 0 Å². The average molecular weight is 138 g/mol. The first-order valence-corrected chi connectivity index (χ1v) is 2.59. The van der Waals surface area contributed by atoms with Gasteiger partial charge in [0.05, 0.1) is 6.20 Å². The molecule has 0 aliphatic heterocycles. The Morgan fingerprint density at radius 1 is 1.60 bits per heavy atom. The van der Waals surface area contributed by atoms with Gasteiger partial charge < -0.3 is 0 Å². The lowest BCUT2D eigenvalue weighted by atomic mass is 10.6. The zero-order valence-corrected chi connectivity index (χ0v) is 5.10. The summed E-state index contributed by atoms with van der Waals surface area (Å²) < 4.78 is 0. The Bertz CT molecular complexity index is 212. The molecule has 0 atom stereocenters. The first-order valence-electron chi connectivity index (χ1n) is 2.59. The van der Waals surface area contributed by atoms with Crippen molar-refractivity contribution in [2.75, 3.05) is 5.06 Å². The van der Waals surface area contributed by atoms with Gasteiger partial charge in [-0.3, -0.25) is 15.6 Å². The molecule has 0 aromatic carbocycles. The third-order valence-corrected chi connectivity index (χ3v) is 0.907. The molecule has 0 bridgehead atoms. The molecule has 1 aromatic rings. The number of hydroxylamine groups is 1. The average Bonchev–Trinajstić information content (AvgIpc) is 2.05. The summed E-state index contributed by atoms with van der Waals surface area (Å²) >= 11 is 0. The number of nitrogens with zero attached hydrogens (tertiary/aromatic N) is 3. The van der Waals surface area contributed by atoms with Crippen LogP contribution in [0.4, 0.5) is 5.82 Å². The summed E-state index contributed by atoms with van der Waals surface area (Å²) in [6, 6.07) is 0. The Balaban J connectivity index is 2.84. The molecule has 2 N–H and O–H groups in total. The molecule has 0 unspecified atom stereocenters. The number of anilines is 1. The number of nitrogens with one attached hydrogen (secondary N) is 1. The molecule has 1 heterocycles. The van der Waals surface area contributed by atoms with Crippen molar-refractivity contribution < 1.29 is 5.21 Å². The molecule has 0 saturated heterocycles. The van der Waals surface area contributed by atoms with E-state index < -0.39 is 0 Å². The summed E-state index contributed by atoms with van der Waals surface area (Å²) in [7, 11) is 0. The first kappa shape index (κ1) is 6.63. The second-order valence-corrected chi connectivity index (χ2v) is 1.54. The highest BCUT2D eigenvalue weighted by Crippen LogP contribution is 1.99. The summed E-state index contributed by atoms with van der Waals surface area (Å²) in [6.07, 6.45) is 5.01. The van der Waals surface area contributed by atoms with Crippen LogP contribution in [0, 0.1) is 5.41 Å². The van der Waals surface area contributed by atoms with Crippen LogP contribution in [0.15, 0.2) is 18.6 Å². The van der Waals surface area contributed by atoms with Crippen LogP contribution in [0.3, 0.4) is 0 Å². The summed E-state index contributed by atoms with van der Waals surface area (Å²) in [6.45, 7) is 0. The van der Waals surface area contributed by atoms with Crippen molar-refractivity contribution in [3.05, 3.63) is 18.6 Å². The van der Waals surface area contributed by atoms with E-state index in [-0.39, 0.29) is 5.82 Å². The third-order valence-electron chi connectivity index (χ3n) is 0.907. The van der Waals surface area contributed by atoms with Gasteiger partial charge in [-0.05, 0) is 0 Å². The molecule has 52 valence electrons. The Labute approximate surface area is 57.4 Å². The van der Waals surface area contributed by atoms with E-state index in [1.807, 2.05) is 0 Å². The Hall–Kier alpha value is -1.49. The van der Waals surface area contributed by atoms with E-state index in [0.29, 0.717) is 5.06 Å². The fourth-order valence-electron chi connectivity index (χ4n) is 0.476. The van der Waals surface area contributed by atoms with E-state index in [0.717, 1.165) is 6.34 Å². The van der Waals surface area contributed by atoms with Gasteiger partial charge in [-0.1, -0.05) is 0 Å². The summed E-state index contributed by atoms with van der Waals surface area (Å²) in [5.41, 5.74) is 0. The minimum absolute atomic E-state index is 0.234. The van der Waals surface area contributed by atoms with E-state index >= 15 is 0 Å². The van der Waals surface area contributed by atoms with E-state index in [9.17, 15) is 0 Å². The molecular formula is C5H6N4O. The molecule has 5 heteroatoms. The first-order chi connectivity index (χ1) is 4.84. The van der Waals surface area contributed by atoms with Gasteiger partial charge in [0.1, 0.15) is 6.34 Å². The number of hydrogen-bond donors (Lipinski definition) is 2. The lowest BCUT2D eigenvalue weighted by molar-refractivity contribution is 0.312. The highest BCUT2D eigenvalue weighted by molar-refractivity contribution is 5.70. The van der Waals surface area contributed by atoms with Crippen molar-refractivity contribution in [1.82, 2.24) is 9.97 Å². The van der Waals surface area contributed by atoms with E-state index in [1.54, 1.807) is 0 Å². The lowest BCUT2D eigenvalue weighted by Gasteiger charge is -2.05. The fraction of sp³-hybridized carbons (Fsp3) is 0. The summed E-state index contributed by atoms with van der Waals surface area (Å²) in [5.74, 6) is 0.234. The predicted molar refractivity (Wildman–Crippen MR) is 35.1 cm³/mol. The highest BCUT2D eigenvalue weighted by atomic mass is 16.5. The molecule has 0 fully saturated rings. The molecule has 1 rings (SSSR count). The zero-order chi connectivity index (χ0) is 7.40. The minimum Gasteiger partial charge on any atom is -0.289 e. The lowest BCUT2D eigenvalue weighted by Crippen LogP contribution is -2.15. The maximum atomic E-state index is 8.82. The molecule has 0 spiro atoms. The number of hydrogen-bond acceptors (Lipinski definition) is 4.